The molecule has 2 rings (SSSR count). The van der Waals surface area contributed by atoms with E-state index >= 15 is 0 Å². The van der Waals surface area contributed by atoms with E-state index < -0.39 is 0 Å². The molecule has 18 heavy (non-hydrogen) atoms. The maximum Gasteiger partial charge on any atom is 0.0764 e. The molecule has 0 fully saturated rings. The molecule has 0 amide bonds. The highest BCUT2D eigenvalue weighted by molar-refractivity contribution is 7.10. The van der Waals surface area contributed by atoms with Crippen molar-refractivity contribution in [3.8, 4) is 0 Å². The minimum absolute atomic E-state index is 0.210. The van der Waals surface area contributed by atoms with Crippen molar-refractivity contribution in [3.63, 3.8) is 0 Å². The van der Waals surface area contributed by atoms with Crippen LogP contribution in [0.4, 0.5) is 0 Å². The summed E-state index contributed by atoms with van der Waals surface area (Å²) in [6.45, 7) is 9.48. The highest BCUT2D eigenvalue weighted by atomic mass is 32.1. The first-order valence-electron chi connectivity index (χ1n) is 6.34. The second kappa shape index (κ2) is 5.63. The number of nitrogens with one attached hydrogen (secondary N) is 1. The van der Waals surface area contributed by atoms with Crippen molar-refractivity contribution >= 4 is 11.3 Å². The Bertz CT molecular complexity index is 531. The van der Waals surface area contributed by atoms with Crippen LogP contribution in [-0.4, -0.2) is 11.5 Å². The minimum Gasteiger partial charge on any atom is -0.305 e. The maximum absolute atomic E-state index is 4.64. The van der Waals surface area contributed by atoms with E-state index in [1.807, 2.05) is 6.20 Å². The smallest absolute Gasteiger partial charge is 0.0764 e. The van der Waals surface area contributed by atoms with Gasteiger partial charge in [-0.15, -0.1) is 11.3 Å². The average Bonchev–Trinajstić information content (AvgIpc) is 2.73. The second-order valence-electron chi connectivity index (χ2n) is 4.64. The summed E-state index contributed by atoms with van der Waals surface area (Å²) in [6, 6.07) is 4.62. The summed E-state index contributed by atoms with van der Waals surface area (Å²) in [5, 5.41) is 5.70. The lowest BCUT2D eigenvalue weighted by Gasteiger charge is -2.19. The number of hydrogen-bond acceptors (Lipinski definition) is 3. The third kappa shape index (κ3) is 2.62. The van der Waals surface area contributed by atoms with Crippen LogP contribution in [0.5, 0.6) is 0 Å². The molecule has 1 unspecified atom stereocenters. The van der Waals surface area contributed by atoms with Gasteiger partial charge in [0.25, 0.3) is 0 Å². The Hall–Kier alpha value is -1.19. The number of thiophene rings is 1. The van der Waals surface area contributed by atoms with E-state index in [1.54, 1.807) is 11.3 Å². The Labute approximate surface area is 113 Å². The minimum atomic E-state index is 0.210. The maximum atomic E-state index is 4.64. The topological polar surface area (TPSA) is 24.9 Å². The molecule has 2 nitrogen and oxygen atoms in total. The molecule has 3 heteroatoms. The lowest BCUT2D eigenvalue weighted by atomic mass is 10.00. The van der Waals surface area contributed by atoms with Gasteiger partial charge in [0.05, 0.1) is 11.7 Å². The number of pyridine rings is 1. The summed E-state index contributed by atoms with van der Waals surface area (Å²) >= 11 is 1.79. The van der Waals surface area contributed by atoms with Crippen molar-refractivity contribution < 1.29 is 0 Å². The van der Waals surface area contributed by atoms with E-state index in [4.69, 9.17) is 0 Å². The van der Waals surface area contributed by atoms with Crippen LogP contribution in [0.15, 0.2) is 23.7 Å². The molecule has 96 valence electrons. The molecule has 1 atom stereocenters. The predicted octanol–water partition coefficient (Wildman–Crippen LogP) is 3.77. The molecule has 0 aliphatic carbocycles. The van der Waals surface area contributed by atoms with E-state index in [2.05, 4.69) is 55.5 Å². The predicted molar refractivity (Wildman–Crippen MR) is 78.3 cm³/mol. The molecule has 0 saturated carbocycles. The molecule has 2 aromatic rings. The van der Waals surface area contributed by atoms with Crippen LogP contribution in [-0.2, 0) is 0 Å². The first kappa shape index (κ1) is 13.2. The largest absolute Gasteiger partial charge is 0.305 e. The van der Waals surface area contributed by atoms with Crippen molar-refractivity contribution in [2.24, 2.45) is 0 Å². The van der Waals surface area contributed by atoms with Gasteiger partial charge in [-0.05, 0) is 55.5 Å². The molecule has 0 aromatic carbocycles. The molecular formula is C15H20N2S. The quantitative estimate of drug-likeness (QED) is 0.905. The third-order valence-electron chi connectivity index (χ3n) is 3.15. The molecule has 2 aromatic heterocycles. The van der Waals surface area contributed by atoms with Gasteiger partial charge < -0.3 is 5.32 Å². The molecule has 0 aliphatic rings. The van der Waals surface area contributed by atoms with E-state index in [9.17, 15) is 0 Å². The second-order valence-corrected chi connectivity index (χ2v) is 5.76. The highest BCUT2D eigenvalue weighted by Gasteiger charge is 2.19. The van der Waals surface area contributed by atoms with Gasteiger partial charge in [-0.3, -0.25) is 4.98 Å². The van der Waals surface area contributed by atoms with Gasteiger partial charge in [-0.1, -0.05) is 13.0 Å². The van der Waals surface area contributed by atoms with Gasteiger partial charge in [0.15, 0.2) is 0 Å². The van der Waals surface area contributed by atoms with Crippen LogP contribution >= 0.6 is 11.3 Å². The molecular weight excluding hydrogens is 240 g/mol. The number of nitrogens with zero attached hydrogens (tertiary/aromatic N) is 1. The lowest BCUT2D eigenvalue weighted by Crippen LogP contribution is -2.24. The third-order valence-corrected chi connectivity index (χ3v) is 4.01. The van der Waals surface area contributed by atoms with Gasteiger partial charge in [-0.25, -0.2) is 0 Å². The van der Waals surface area contributed by atoms with Crippen molar-refractivity contribution in [1.82, 2.24) is 10.3 Å². The van der Waals surface area contributed by atoms with Crippen LogP contribution in [0.2, 0.25) is 0 Å². The number of aromatic nitrogens is 1. The van der Waals surface area contributed by atoms with Gasteiger partial charge in [0, 0.05) is 11.1 Å². The molecule has 1 N–H and O–H groups in total. The van der Waals surface area contributed by atoms with Crippen LogP contribution in [0.3, 0.4) is 0 Å². The normalized spacial score (nSPS) is 12.7. The van der Waals surface area contributed by atoms with E-state index in [0.29, 0.717) is 0 Å². The summed E-state index contributed by atoms with van der Waals surface area (Å²) < 4.78 is 0. The number of aryl methyl sites for hydroxylation is 3. The van der Waals surface area contributed by atoms with E-state index in [1.165, 1.54) is 21.6 Å². The summed E-state index contributed by atoms with van der Waals surface area (Å²) in [7, 11) is 0. The molecule has 0 saturated heterocycles. The Morgan fingerprint density at radius 2 is 2.11 bits per heavy atom. The molecule has 0 radical (unpaired) electrons. The molecule has 0 bridgehead atoms. The Morgan fingerprint density at radius 3 is 2.67 bits per heavy atom. The van der Waals surface area contributed by atoms with Crippen molar-refractivity contribution in [1.29, 1.82) is 0 Å². The van der Waals surface area contributed by atoms with Crippen molar-refractivity contribution in [2.75, 3.05) is 6.54 Å². The zero-order valence-electron chi connectivity index (χ0n) is 11.4. The van der Waals surface area contributed by atoms with Gasteiger partial charge in [-0.2, -0.15) is 0 Å². The van der Waals surface area contributed by atoms with Crippen LogP contribution in [0.25, 0.3) is 0 Å². The monoisotopic (exact) mass is 260 g/mol. The van der Waals surface area contributed by atoms with Crippen LogP contribution in [0, 0.1) is 20.8 Å². The summed E-state index contributed by atoms with van der Waals surface area (Å²) in [5.41, 5.74) is 4.96. The van der Waals surface area contributed by atoms with E-state index in [-0.39, 0.29) is 6.04 Å². The fourth-order valence-corrected chi connectivity index (χ4v) is 3.02. The van der Waals surface area contributed by atoms with Crippen LogP contribution < -0.4 is 5.32 Å². The van der Waals surface area contributed by atoms with Crippen LogP contribution in [0.1, 0.15) is 40.2 Å². The molecule has 2 heterocycles. The Balaban J connectivity index is 2.45. The van der Waals surface area contributed by atoms with E-state index in [0.717, 1.165) is 12.2 Å². The summed E-state index contributed by atoms with van der Waals surface area (Å²) in [5.74, 6) is 0. The SMILES string of the molecule is CCNC(c1ccsc1C)c1ncc(C)cc1C. The zero-order valence-corrected chi connectivity index (χ0v) is 12.3. The summed E-state index contributed by atoms with van der Waals surface area (Å²) in [4.78, 5) is 6.00. The fraction of sp³-hybridized carbons (Fsp3) is 0.400. The van der Waals surface area contributed by atoms with Crippen molar-refractivity contribution in [3.05, 3.63) is 51.0 Å². The first-order chi connectivity index (χ1) is 8.63. The average molecular weight is 260 g/mol. The van der Waals surface area contributed by atoms with Gasteiger partial charge in [0.1, 0.15) is 0 Å². The summed E-state index contributed by atoms with van der Waals surface area (Å²) in [6.07, 6.45) is 1.95. The zero-order chi connectivity index (χ0) is 13.1. The molecule has 0 spiro atoms. The standard InChI is InChI=1S/C15H20N2S/c1-5-16-15(13-6-7-18-12(13)4)14-11(3)8-10(2)9-17-14/h6-9,15-16H,5H2,1-4H3. The van der Waals surface area contributed by atoms with Crippen molar-refractivity contribution in [2.45, 2.75) is 33.7 Å². The fourth-order valence-electron chi connectivity index (χ4n) is 2.28. The van der Waals surface area contributed by atoms with Gasteiger partial charge >= 0.3 is 0 Å². The first-order valence-corrected chi connectivity index (χ1v) is 7.22. The molecule has 0 aliphatic heterocycles. The lowest BCUT2D eigenvalue weighted by molar-refractivity contribution is 0.611. The Morgan fingerprint density at radius 1 is 1.33 bits per heavy atom. The Kier molecular flexibility index (Phi) is 4.15. The van der Waals surface area contributed by atoms with Gasteiger partial charge in [0.2, 0.25) is 0 Å². The number of hydrogen-bond donors (Lipinski definition) is 1. The highest BCUT2D eigenvalue weighted by Crippen LogP contribution is 2.28. The number of rotatable bonds is 4.